The van der Waals surface area contributed by atoms with Gasteiger partial charge in [0.2, 0.25) is 0 Å². The molecular weight excluding hydrogens is 448 g/mol. The zero-order chi connectivity index (χ0) is 23.4. The minimum absolute atomic E-state index is 0.118. The third kappa shape index (κ3) is 4.89. The van der Waals surface area contributed by atoms with Gasteiger partial charge in [0.1, 0.15) is 17.2 Å². The highest BCUT2D eigenvalue weighted by Gasteiger charge is 2.24. The average Bonchev–Trinajstić information content (AvgIpc) is 3.31. The molecule has 1 aliphatic heterocycles. The van der Waals surface area contributed by atoms with Gasteiger partial charge in [-0.3, -0.25) is 20.2 Å². The van der Waals surface area contributed by atoms with Crippen molar-refractivity contribution in [2.45, 2.75) is 0 Å². The summed E-state index contributed by atoms with van der Waals surface area (Å²) in [5.41, 5.74) is 1.91. The number of anilines is 2. The maximum Gasteiger partial charge on any atom is 0.293 e. The van der Waals surface area contributed by atoms with Crippen LogP contribution in [0.3, 0.4) is 0 Å². The van der Waals surface area contributed by atoms with Gasteiger partial charge in [0.15, 0.2) is 5.13 Å². The van der Waals surface area contributed by atoms with Gasteiger partial charge in [0, 0.05) is 41.7 Å². The predicted molar refractivity (Wildman–Crippen MR) is 125 cm³/mol. The number of nitrogens with zero attached hydrogens (tertiary/aromatic N) is 3. The summed E-state index contributed by atoms with van der Waals surface area (Å²) < 4.78 is 16.0. The van der Waals surface area contributed by atoms with Crippen molar-refractivity contribution in [1.82, 2.24) is 4.98 Å². The number of nitro groups is 1. The molecule has 0 atom stereocenters. The number of carbonyl (C=O) groups is 1. The van der Waals surface area contributed by atoms with E-state index in [0.717, 1.165) is 5.56 Å². The molecule has 1 saturated heterocycles. The second kappa shape index (κ2) is 9.84. The van der Waals surface area contributed by atoms with Crippen molar-refractivity contribution in [3.05, 3.63) is 57.5 Å². The maximum absolute atomic E-state index is 12.8. The molecule has 0 aliphatic carbocycles. The van der Waals surface area contributed by atoms with Crippen LogP contribution in [-0.2, 0) is 4.74 Å². The van der Waals surface area contributed by atoms with E-state index in [1.807, 2.05) is 11.0 Å². The van der Waals surface area contributed by atoms with Crippen LogP contribution in [0.5, 0.6) is 11.5 Å². The fourth-order valence-corrected chi connectivity index (χ4v) is 4.22. The molecule has 0 bridgehead atoms. The molecule has 3 aromatic rings. The van der Waals surface area contributed by atoms with Gasteiger partial charge in [-0.2, -0.15) is 0 Å². The Morgan fingerprint density at radius 1 is 1.18 bits per heavy atom. The van der Waals surface area contributed by atoms with E-state index in [4.69, 9.17) is 14.2 Å². The Balaban J connectivity index is 1.54. The predicted octanol–water partition coefficient (Wildman–Crippen LogP) is 3.82. The summed E-state index contributed by atoms with van der Waals surface area (Å²) in [5.74, 6) is 0.766. The highest BCUT2D eigenvalue weighted by molar-refractivity contribution is 7.14. The number of benzene rings is 2. The number of hydrogen-bond donors (Lipinski definition) is 1. The lowest BCUT2D eigenvalue weighted by atomic mass is 10.1. The van der Waals surface area contributed by atoms with E-state index in [2.05, 4.69) is 10.3 Å². The van der Waals surface area contributed by atoms with Gasteiger partial charge >= 0.3 is 0 Å². The van der Waals surface area contributed by atoms with E-state index >= 15 is 0 Å². The normalized spacial score (nSPS) is 13.5. The Hall–Kier alpha value is -3.70. The molecule has 0 spiro atoms. The molecule has 0 radical (unpaired) electrons. The summed E-state index contributed by atoms with van der Waals surface area (Å²) in [4.78, 5) is 30.3. The molecular formula is C22H22N4O6S. The number of thiazole rings is 1. The lowest BCUT2D eigenvalue weighted by Crippen LogP contribution is -2.36. The molecule has 1 aromatic heterocycles. The first-order chi connectivity index (χ1) is 16.0. The summed E-state index contributed by atoms with van der Waals surface area (Å²) in [7, 11) is 3.13. The van der Waals surface area contributed by atoms with E-state index < -0.39 is 10.8 Å². The highest BCUT2D eigenvalue weighted by Crippen LogP contribution is 2.35. The molecule has 1 fully saturated rings. The van der Waals surface area contributed by atoms with Gasteiger partial charge in [-0.25, -0.2) is 4.98 Å². The first kappa shape index (κ1) is 22.5. The van der Waals surface area contributed by atoms with Gasteiger partial charge in [-0.05, 0) is 24.3 Å². The van der Waals surface area contributed by atoms with Crippen molar-refractivity contribution in [3.63, 3.8) is 0 Å². The molecule has 1 aliphatic rings. The van der Waals surface area contributed by atoms with Gasteiger partial charge in [-0.15, -0.1) is 11.3 Å². The second-order valence-corrected chi connectivity index (χ2v) is 7.98. The number of rotatable bonds is 7. The van der Waals surface area contributed by atoms with E-state index in [0.29, 0.717) is 54.3 Å². The molecule has 0 saturated carbocycles. The van der Waals surface area contributed by atoms with Crippen molar-refractivity contribution < 1.29 is 23.9 Å². The summed E-state index contributed by atoms with van der Waals surface area (Å²) >= 11 is 1.25. The standard InChI is InChI=1S/C22H22N4O6S/c1-30-15-4-5-16(20(12-15)31-2)17-13-33-22(23-17)24-21(27)14-3-6-18(19(11-14)26(28)29)25-7-9-32-10-8-25/h3-6,11-13H,7-10H2,1-2H3,(H,23,24,27). The molecule has 0 unspecified atom stereocenters. The van der Waals surface area contributed by atoms with Crippen LogP contribution >= 0.6 is 11.3 Å². The Kier molecular flexibility index (Phi) is 6.71. The third-order valence-electron chi connectivity index (χ3n) is 5.20. The summed E-state index contributed by atoms with van der Waals surface area (Å²) in [6, 6.07) is 9.85. The number of aromatic nitrogens is 1. The Morgan fingerprint density at radius 2 is 1.97 bits per heavy atom. The fourth-order valence-electron chi connectivity index (χ4n) is 3.52. The maximum atomic E-state index is 12.8. The van der Waals surface area contributed by atoms with E-state index in [-0.39, 0.29) is 11.3 Å². The smallest absolute Gasteiger partial charge is 0.293 e. The number of amides is 1. The first-order valence-corrected chi connectivity index (χ1v) is 11.0. The number of morpholine rings is 1. The number of hydrogen-bond acceptors (Lipinski definition) is 9. The zero-order valence-corrected chi connectivity index (χ0v) is 18.9. The molecule has 172 valence electrons. The van der Waals surface area contributed by atoms with Gasteiger partial charge in [0.05, 0.1) is 38.1 Å². The molecule has 1 amide bonds. The molecule has 4 rings (SSSR count). The Labute approximate surface area is 193 Å². The van der Waals surface area contributed by atoms with Crippen LogP contribution in [0.4, 0.5) is 16.5 Å². The van der Waals surface area contributed by atoms with Crippen molar-refractivity contribution in [3.8, 4) is 22.8 Å². The van der Waals surface area contributed by atoms with Crippen LogP contribution in [0.2, 0.25) is 0 Å². The number of carbonyl (C=O) groups excluding carboxylic acids is 1. The Bertz CT molecular complexity index is 1180. The van der Waals surface area contributed by atoms with Crippen molar-refractivity contribution >= 4 is 33.8 Å². The average molecular weight is 471 g/mol. The highest BCUT2D eigenvalue weighted by atomic mass is 32.1. The molecule has 1 N–H and O–H groups in total. The van der Waals surface area contributed by atoms with Crippen LogP contribution < -0.4 is 19.7 Å². The van der Waals surface area contributed by atoms with Crippen LogP contribution in [0.15, 0.2) is 41.8 Å². The summed E-state index contributed by atoms with van der Waals surface area (Å²) in [6.07, 6.45) is 0. The molecule has 11 heteroatoms. The lowest BCUT2D eigenvalue weighted by Gasteiger charge is -2.28. The lowest BCUT2D eigenvalue weighted by molar-refractivity contribution is -0.384. The topological polar surface area (TPSA) is 116 Å². The zero-order valence-electron chi connectivity index (χ0n) is 18.1. The molecule has 10 nitrogen and oxygen atoms in total. The van der Waals surface area contributed by atoms with Crippen LogP contribution in [-0.4, -0.2) is 56.3 Å². The number of methoxy groups -OCH3 is 2. The van der Waals surface area contributed by atoms with Gasteiger partial charge < -0.3 is 19.1 Å². The first-order valence-electron chi connectivity index (χ1n) is 10.1. The number of ether oxygens (including phenoxy) is 3. The van der Waals surface area contributed by atoms with Crippen molar-refractivity contribution in [2.24, 2.45) is 0 Å². The second-order valence-electron chi connectivity index (χ2n) is 7.12. The Morgan fingerprint density at radius 3 is 2.67 bits per heavy atom. The monoisotopic (exact) mass is 470 g/mol. The van der Waals surface area contributed by atoms with Crippen LogP contribution in [0, 0.1) is 10.1 Å². The van der Waals surface area contributed by atoms with Crippen LogP contribution in [0.1, 0.15) is 10.4 Å². The van der Waals surface area contributed by atoms with E-state index in [1.165, 1.54) is 17.4 Å². The van der Waals surface area contributed by atoms with Gasteiger partial charge in [-0.1, -0.05) is 0 Å². The summed E-state index contributed by atoms with van der Waals surface area (Å²) in [5, 5.41) is 16.5. The minimum Gasteiger partial charge on any atom is -0.497 e. The van der Waals surface area contributed by atoms with E-state index in [1.54, 1.807) is 43.9 Å². The molecule has 2 aromatic carbocycles. The molecule has 33 heavy (non-hydrogen) atoms. The van der Waals surface area contributed by atoms with Crippen LogP contribution in [0.25, 0.3) is 11.3 Å². The quantitative estimate of drug-likeness (QED) is 0.409. The molecule has 2 heterocycles. The third-order valence-corrected chi connectivity index (χ3v) is 5.95. The van der Waals surface area contributed by atoms with Gasteiger partial charge in [0.25, 0.3) is 11.6 Å². The van der Waals surface area contributed by atoms with Crippen molar-refractivity contribution in [2.75, 3.05) is 50.7 Å². The van der Waals surface area contributed by atoms with E-state index in [9.17, 15) is 14.9 Å². The van der Waals surface area contributed by atoms with Crippen molar-refractivity contribution in [1.29, 1.82) is 0 Å². The minimum atomic E-state index is -0.478. The number of nitro benzene ring substituents is 1. The fraction of sp³-hybridized carbons (Fsp3) is 0.273. The largest absolute Gasteiger partial charge is 0.497 e. The number of nitrogens with one attached hydrogen (secondary N) is 1. The SMILES string of the molecule is COc1ccc(-c2csc(NC(=O)c3ccc(N4CCOCC4)c([N+](=O)[O-])c3)n2)c(OC)c1. The summed E-state index contributed by atoms with van der Waals surface area (Å²) in [6.45, 7) is 2.13.